The third kappa shape index (κ3) is 6.53. The molecule has 0 unspecified atom stereocenters. The van der Waals surface area contributed by atoms with Gasteiger partial charge in [0, 0.05) is 30.9 Å². The Labute approximate surface area is 235 Å². The number of likely N-dealkylation sites (tertiary alicyclic amines) is 2. The molecule has 3 aromatic carbocycles. The summed E-state index contributed by atoms with van der Waals surface area (Å²) in [6, 6.07) is 18.2. The number of ether oxygens (including phenoxy) is 1. The van der Waals surface area contributed by atoms with Crippen LogP contribution >= 0.6 is 0 Å². The van der Waals surface area contributed by atoms with E-state index in [0.717, 1.165) is 5.56 Å². The summed E-state index contributed by atoms with van der Waals surface area (Å²) in [5.41, 5.74) is 2.15. The number of alkyl halides is 2. The van der Waals surface area contributed by atoms with Gasteiger partial charge in [0.15, 0.2) is 0 Å². The highest BCUT2D eigenvalue weighted by atomic mass is 19.3. The summed E-state index contributed by atoms with van der Waals surface area (Å²) in [4.78, 5) is 42.1. The fraction of sp³-hybridized carbons (Fsp3) is 0.323. The lowest BCUT2D eigenvalue weighted by atomic mass is 9.89. The summed E-state index contributed by atoms with van der Waals surface area (Å²) in [6.07, 6.45) is 2.67. The molecule has 7 nitrogen and oxygen atoms in total. The molecule has 0 bridgehead atoms. The molecule has 0 spiro atoms. The van der Waals surface area contributed by atoms with Gasteiger partial charge in [0.25, 0.3) is 11.8 Å². The molecule has 10 heteroatoms. The van der Waals surface area contributed by atoms with Crippen LogP contribution in [-0.2, 0) is 4.79 Å². The van der Waals surface area contributed by atoms with Crippen molar-refractivity contribution < 1.29 is 32.3 Å². The first-order valence-corrected chi connectivity index (χ1v) is 13.6. The predicted octanol–water partition coefficient (Wildman–Crippen LogP) is 5.69. The number of rotatable bonds is 7. The van der Waals surface area contributed by atoms with Crippen LogP contribution in [0.15, 0.2) is 72.8 Å². The predicted molar refractivity (Wildman–Crippen MR) is 146 cm³/mol. The number of benzene rings is 3. The van der Waals surface area contributed by atoms with Crippen molar-refractivity contribution in [3.05, 3.63) is 95.3 Å². The lowest BCUT2D eigenvalue weighted by Crippen LogP contribution is -2.43. The maximum absolute atomic E-state index is 13.3. The van der Waals surface area contributed by atoms with Crippen LogP contribution in [-0.4, -0.2) is 59.8 Å². The number of carbonyl (C=O) groups is 3. The number of para-hydroxylation sites is 1. The van der Waals surface area contributed by atoms with Crippen LogP contribution in [0.25, 0.3) is 0 Å². The van der Waals surface area contributed by atoms with Gasteiger partial charge in [-0.3, -0.25) is 14.4 Å². The number of anilines is 1. The topological polar surface area (TPSA) is 79.0 Å². The number of hydrogen-bond acceptors (Lipinski definition) is 4. The zero-order valence-electron chi connectivity index (χ0n) is 22.3. The monoisotopic (exact) mass is 565 g/mol. The first-order valence-electron chi connectivity index (χ1n) is 13.6. The maximum atomic E-state index is 13.3. The molecule has 2 aliphatic rings. The molecule has 214 valence electrons. The van der Waals surface area contributed by atoms with Crippen molar-refractivity contribution in [3.8, 4) is 5.75 Å². The number of amides is 3. The molecule has 1 atom stereocenters. The van der Waals surface area contributed by atoms with Gasteiger partial charge in [-0.15, -0.1) is 0 Å². The van der Waals surface area contributed by atoms with Gasteiger partial charge >= 0.3 is 6.61 Å². The quantitative estimate of drug-likeness (QED) is 0.399. The van der Waals surface area contributed by atoms with Crippen LogP contribution in [0.3, 0.4) is 0 Å². The minimum absolute atomic E-state index is 0.117. The molecule has 0 aromatic heterocycles. The summed E-state index contributed by atoms with van der Waals surface area (Å²) in [5.74, 6) is -1.26. The fourth-order valence-electron chi connectivity index (χ4n) is 5.53. The van der Waals surface area contributed by atoms with E-state index in [4.69, 9.17) is 0 Å². The average Bonchev–Trinajstić information content (AvgIpc) is 3.48. The van der Waals surface area contributed by atoms with E-state index in [1.165, 1.54) is 41.3 Å². The number of nitrogens with zero attached hydrogens (tertiary/aromatic N) is 2. The fourth-order valence-corrected chi connectivity index (χ4v) is 5.53. The van der Waals surface area contributed by atoms with Crippen molar-refractivity contribution >= 4 is 23.4 Å². The Hall–Kier alpha value is -4.34. The zero-order valence-corrected chi connectivity index (χ0v) is 22.3. The summed E-state index contributed by atoms with van der Waals surface area (Å²) < 4.78 is 43.3. The zero-order chi connectivity index (χ0) is 28.9. The maximum Gasteiger partial charge on any atom is 0.387 e. The van der Waals surface area contributed by atoms with E-state index in [0.29, 0.717) is 56.6 Å². The standard InChI is InChI=1S/C31H30F3N3O4/c32-23-11-7-22(8-12-23)29(39)37-17-3-5-26(37)28(38)35-24-13-9-20(10-14-24)21-15-18-36(19-16-21)30(40)25-4-1-2-6-27(25)41-31(33)34/h1-2,4,6-14,21,26,31H,3,5,15-19H2,(H,35,38)/t26-/m0/s1. The second-order valence-corrected chi connectivity index (χ2v) is 10.2. The summed E-state index contributed by atoms with van der Waals surface area (Å²) in [7, 11) is 0. The Morgan fingerprint density at radius 2 is 1.51 bits per heavy atom. The van der Waals surface area contributed by atoms with Crippen LogP contribution in [0.5, 0.6) is 5.75 Å². The van der Waals surface area contributed by atoms with Crippen LogP contribution in [0.1, 0.15) is 57.9 Å². The third-order valence-corrected chi connectivity index (χ3v) is 7.67. The molecule has 0 saturated carbocycles. The minimum atomic E-state index is -3.01. The van der Waals surface area contributed by atoms with Gasteiger partial charge in [-0.05, 0) is 85.7 Å². The molecule has 5 rings (SSSR count). The van der Waals surface area contributed by atoms with Gasteiger partial charge in [-0.25, -0.2) is 4.39 Å². The van der Waals surface area contributed by atoms with E-state index in [2.05, 4.69) is 10.1 Å². The highest BCUT2D eigenvalue weighted by Crippen LogP contribution is 2.31. The molecule has 2 aliphatic heterocycles. The first kappa shape index (κ1) is 28.2. The second kappa shape index (κ2) is 12.4. The van der Waals surface area contributed by atoms with Gasteiger partial charge in [-0.2, -0.15) is 8.78 Å². The van der Waals surface area contributed by atoms with E-state index in [-0.39, 0.29) is 35.0 Å². The molecule has 3 amide bonds. The van der Waals surface area contributed by atoms with Crippen molar-refractivity contribution in [1.29, 1.82) is 0 Å². The first-order chi connectivity index (χ1) is 19.8. The van der Waals surface area contributed by atoms with Gasteiger partial charge in [-0.1, -0.05) is 24.3 Å². The smallest absolute Gasteiger partial charge is 0.387 e. The Kier molecular flexibility index (Phi) is 8.56. The molecular formula is C31H30F3N3O4. The normalized spacial score (nSPS) is 17.5. The molecule has 2 heterocycles. The van der Waals surface area contributed by atoms with Crippen molar-refractivity contribution in [3.63, 3.8) is 0 Å². The van der Waals surface area contributed by atoms with Gasteiger partial charge in [0.2, 0.25) is 5.91 Å². The van der Waals surface area contributed by atoms with E-state index < -0.39 is 18.5 Å². The highest BCUT2D eigenvalue weighted by Gasteiger charge is 2.34. The number of hydrogen-bond donors (Lipinski definition) is 1. The molecule has 0 aliphatic carbocycles. The average molecular weight is 566 g/mol. The molecule has 41 heavy (non-hydrogen) atoms. The van der Waals surface area contributed by atoms with E-state index in [1.54, 1.807) is 17.0 Å². The largest absolute Gasteiger partial charge is 0.434 e. The lowest BCUT2D eigenvalue weighted by molar-refractivity contribution is -0.119. The Morgan fingerprint density at radius 3 is 2.20 bits per heavy atom. The van der Waals surface area contributed by atoms with Crippen molar-refractivity contribution in [2.75, 3.05) is 25.0 Å². The molecule has 2 fully saturated rings. The van der Waals surface area contributed by atoms with Crippen LogP contribution < -0.4 is 10.1 Å². The van der Waals surface area contributed by atoms with E-state index >= 15 is 0 Å². The number of piperidine rings is 1. The van der Waals surface area contributed by atoms with Crippen molar-refractivity contribution in [2.24, 2.45) is 0 Å². The summed E-state index contributed by atoms with van der Waals surface area (Å²) in [6.45, 7) is -1.60. The van der Waals surface area contributed by atoms with Crippen LogP contribution in [0.2, 0.25) is 0 Å². The van der Waals surface area contributed by atoms with Crippen molar-refractivity contribution in [2.45, 2.75) is 44.3 Å². The van der Waals surface area contributed by atoms with Crippen LogP contribution in [0.4, 0.5) is 18.9 Å². The Balaban J connectivity index is 1.16. The summed E-state index contributed by atoms with van der Waals surface area (Å²) in [5, 5.41) is 2.91. The molecule has 0 radical (unpaired) electrons. The van der Waals surface area contributed by atoms with Gasteiger partial charge < -0.3 is 19.9 Å². The molecular weight excluding hydrogens is 535 g/mol. The number of carbonyl (C=O) groups excluding carboxylic acids is 3. The molecule has 3 aromatic rings. The Morgan fingerprint density at radius 1 is 0.829 bits per heavy atom. The molecule has 2 saturated heterocycles. The number of halogens is 3. The lowest BCUT2D eigenvalue weighted by Gasteiger charge is -2.32. The number of nitrogens with one attached hydrogen (secondary N) is 1. The minimum Gasteiger partial charge on any atom is -0.434 e. The SMILES string of the molecule is O=C(Nc1ccc(C2CCN(C(=O)c3ccccc3OC(F)F)CC2)cc1)[C@@H]1CCCN1C(=O)c1ccc(F)cc1. The highest BCUT2D eigenvalue weighted by molar-refractivity contribution is 6.01. The Bertz CT molecular complexity index is 1390. The second-order valence-electron chi connectivity index (χ2n) is 10.2. The van der Waals surface area contributed by atoms with Gasteiger partial charge in [0.1, 0.15) is 17.6 Å². The van der Waals surface area contributed by atoms with E-state index in [9.17, 15) is 27.6 Å². The van der Waals surface area contributed by atoms with Crippen LogP contribution in [0, 0.1) is 5.82 Å². The van der Waals surface area contributed by atoms with E-state index in [1.807, 2.05) is 24.3 Å². The van der Waals surface area contributed by atoms with Crippen molar-refractivity contribution in [1.82, 2.24) is 9.80 Å². The molecule has 1 N–H and O–H groups in total. The summed E-state index contributed by atoms with van der Waals surface area (Å²) >= 11 is 0. The van der Waals surface area contributed by atoms with Gasteiger partial charge in [0.05, 0.1) is 5.56 Å². The third-order valence-electron chi connectivity index (χ3n) is 7.67.